The van der Waals surface area contributed by atoms with Gasteiger partial charge < -0.3 is 9.80 Å². The second-order valence-corrected chi connectivity index (χ2v) is 12.7. The van der Waals surface area contributed by atoms with Crippen molar-refractivity contribution in [1.82, 2.24) is 9.80 Å². The number of nitrogens with zero attached hydrogens (tertiary/aromatic N) is 4. The van der Waals surface area contributed by atoms with Gasteiger partial charge in [0.25, 0.3) is 0 Å². The van der Waals surface area contributed by atoms with Crippen LogP contribution in [0.2, 0.25) is 0 Å². The molecule has 0 atom stereocenters. The highest BCUT2D eigenvalue weighted by Gasteiger charge is 2.27. The van der Waals surface area contributed by atoms with Gasteiger partial charge in [-0.1, -0.05) is 95.1 Å². The first-order valence-corrected chi connectivity index (χ1v) is 16.0. The molecule has 0 radical (unpaired) electrons. The van der Waals surface area contributed by atoms with E-state index >= 15 is 0 Å². The zero-order chi connectivity index (χ0) is 32.2. The zero-order valence-corrected chi connectivity index (χ0v) is 27.2. The topological polar surface area (TPSA) is 47.1 Å². The summed E-state index contributed by atoms with van der Waals surface area (Å²) in [5.41, 5.74) is 9.73. The molecule has 0 amide bonds. The number of anilines is 2. The van der Waals surface area contributed by atoms with Crippen molar-refractivity contribution in [2.24, 2.45) is 0 Å². The number of ketones is 2. The molecule has 46 heavy (non-hydrogen) atoms. The molecule has 2 heterocycles. The van der Waals surface area contributed by atoms with Crippen LogP contribution >= 0.6 is 0 Å². The molecule has 6 heteroatoms. The van der Waals surface area contributed by atoms with Gasteiger partial charge in [-0.25, -0.2) is 0 Å². The molecule has 6 nitrogen and oxygen atoms in total. The maximum atomic E-state index is 13.7. The summed E-state index contributed by atoms with van der Waals surface area (Å²) in [5.74, 6) is 0.110. The second-order valence-electron chi connectivity index (χ2n) is 12.7. The smallest absolute Gasteiger partial charge is 0.191 e. The zero-order valence-electron chi connectivity index (χ0n) is 27.2. The summed E-state index contributed by atoms with van der Waals surface area (Å²) >= 11 is 0. The van der Waals surface area contributed by atoms with Crippen molar-refractivity contribution in [2.45, 2.75) is 27.7 Å². The van der Waals surface area contributed by atoms with Crippen LogP contribution in [0.15, 0.2) is 121 Å². The fourth-order valence-corrected chi connectivity index (χ4v) is 5.96. The Labute approximate surface area is 272 Å². The van der Waals surface area contributed by atoms with Gasteiger partial charge in [-0.05, 0) is 52.0 Å². The Balaban J connectivity index is 1.22. The van der Waals surface area contributed by atoms with Gasteiger partial charge in [0.15, 0.2) is 11.6 Å². The summed E-state index contributed by atoms with van der Waals surface area (Å²) in [6.45, 7) is 12.2. The minimum atomic E-state index is 0.0549. The molecule has 0 saturated carbocycles. The predicted octanol–water partition coefficient (Wildman–Crippen LogP) is 7.31. The van der Waals surface area contributed by atoms with Gasteiger partial charge in [0, 0.05) is 72.2 Å². The lowest BCUT2D eigenvalue weighted by molar-refractivity contribution is 0.0998. The summed E-state index contributed by atoms with van der Waals surface area (Å²) in [6, 6.07) is 32.5. The number of carbonyl (C=O) groups excluding carboxylic acids is 2. The van der Waals surface area contributed by atoms with Crippen LogP contribution < -0.4 is 9.80 Å². The standard InChI is InChI=1S/C40H42N4O2/c1-29-5-13-33(14-6-29)39(45)35-23-41(27-43(25-35)37-17-9-31(3)10-18-37)21-22-42-24-36(40(46)34-15-7-30(2)8-16-34)26-44(28-42)38-19-11-32(4)12-20-38/h5-20,25-26H,21-24,27-28H2,1-4H3. The summed E-state index contributed by atoms with van der Waals surface area (Å²) < 4.78 is 0. The molecule has 0 spiro atoms. The van der Waals surface area contributed by atoms with E-state index in [4.69, 9.17) is 0 Å². The van der Waals surface area contributed by atoms with Gasteiger partial charge in [0.2, 0.25) is 0 Å². The van der Waals surface area contributed by atoms with E-state index < -0.39 is 0 Å². The maximum absolute atomic E-state index is 13.7. The van der Waals surface area contributed by atoms with E-state index in [1.807, 2.05) is 74.8 Å². The number of hydrogen-bond donors (Lipinski definition) is 0. The van der Waals surface area contributed by atoms with E-state index in [0.717, 1.165) is 46.7 Å². The second kappa shape index (κ2) is 13.7. The highest BCUT2D eigenvalue weighted by atomic mass is 16.1. The third kappa shape index (κ3) is 7.36. The van der Waals surface area contributed by atoms with Crippen LogP contribution in [0.3, 0.4) is 0 Å². The van der Waals surface area contributed by atoms with Gasteiger partial charge in [-0.15, -0.1) is 0 Å². The molecule has 0 bridgehead atoms. The van der Waals surface area contributed by atoms with Crippen molar-refractivity contribution in [3.8, 4) is 0 Å². The van der Waals surface area contributed by atoms with Crippen molar-refractivity contribution in [1.29, 1.82) is 0 Å². The fourth-order valence-electron chi connectivity index (χ4n) is 5.96. The molecule has 2 aliphatic rings. The number of benzene rings is 4. The van der Waals surface area contributed by atoms with Crippen LogP contribution in [0.1, 0.15) is 43.0 Å². The summed E-state index contributed by atoms with van der Waals surface area (Å²) in [4.78, 5) is 36.4. The molecule has 0 unspecified atom stereocenters. The fraction of sp³-hybridized carbons (Fsp3) is 0.250. The molecule has 0 aliphatic carbocycles. The Hall–Kier alpha value is -4.78. The molecule has 0 aromatic heterocycles. The lowest BCUT2D eigenvalue weighted by atomic mass is 10.0. The van der Waals surface area contributed by atoms with Crippen molar-refractivity contribution in [3.05, 3.63) is 154 Å². The molecule has 6 rings (SSSR count). The number of carbonyl (C=O) groups is 2. The molecule has 0 N–H and O–H groups in total. The predicted molar refractivity (Wildman–Crippen MR) is 187 cm³/mol. The lowest BCUT2D eigenvalue weighted by Gasteiger charge is -2.39. The minimum Gasteiger partial charge on any atom is -0.334 e. The van der Waals surface area contributed by atoms with Crippen LogP contribution in [-0.2, 0) is 0 Å². The molecule has 2 aliphatic heterocycles. The van der Waals surface area contributed by atoms with Gasteiger partial charge in [-0.3, -0.25) is 19.4 Å². The van der Waals surface area contributed by atoms with Crippen molar-refractivity contribution >= 4 is 22.9 Å². The maximum Gasteiger partial charge on any atom is 0.191 e. The monoisotopic (exact) mass is 610 g/mol. The Morgan fingerprint density at radius 1 is 0.478 bits per heavy atom. The first-order valence-electron chi connectivity index (χ1n) is 16.0. The van der Waals surface area contributed by atoms with Crippen molar-refractivity contribution in [3.63, 3.8) is 0 Å². The largest absolute Gasteiger partial charge is 0.334 e. The molecule has 0 fully saturated rings. The van der Waals surface area contributed by atoms with Crippen LogP contribution in [0.5, 0.6) is 0 Å². The minimum absolute atomic E-state index is 0.0549. The third-order valence-corrected chi connectivity index (χ3v) is 8.79. The Kier molecular flexibility index (Phi) is 9.29. The molecule has 0 saturated heterocycles. The van der Waals surface area contributed by atoms with E-state index in [-0.39, 0.29) is 11.6 Å². The van der Waals surface area contributed by atoms with Gasteiger partial charge in [0.1, 0.15) is 0 Å². The van der Waals surface area contributed by atoms with E-state index in [1.165, 1.54) is 11.1 Å². The van der Waals surface area contributed by atoms with E-state index in [2.05, 4.69) is 82.0 Å². The number of rotatable bonds is 9. The normalized spacial score (nSPS) is 15.8. The highest BCUT2D eigenvalue weighted by Crippen LogP contribution is 2.25. The molecule has 4 aromatic carbocycles. The number of Topliss-reactive ketones (excluding diaryl/α,β-unsaturated/α-hetero) is 2. The van der Waals surface area contributed by atoms with Crippen LogP contribution in [-0.4, -0.2) is 60.9 Å². The Morgan fingerprint density at radius 2 is 0.783 bits per heavy atom. The first kappa shape index (κ1) is 31.2. The first-order chi connectivity index (χ1) is 22.2. The Morgan fingerprint density at radius 3 is 1.11 bits per heavy atom. The van der Waals surface area contributed by atoms with Crippen LogP contribution in [0.4, 0.5) is 11.4 Å². The summed E-state index contributed by atoms with van der Waals surface area (Å²) in [6.07, 6.45) is 4.04. The third-order valence-electron chi connectivity index (χ3n) is 8.79. The number of aryl methyl sites for hydroxylation is 4. The van der Waals surface area contributed by atoms with Crippen molar-refractivity contribution in [2.75, 3.05) is 49.3 Å². The van der Waals surface area contributed by atoms with E-state index in [1.54, 1.807) is 0 Å². The lowest BCUT2D eigenvalue weighted by Crippen LogP contribution is -2.48. The molecular weight excluding hydrogens is 568 g/mol. The van der Waals surface area contributed by atoms with Crippen LogP contribution in [0.25, 0.3) is 0 Å². The number of hydrogen-bond acceptors (Lipinski definition) is 6. The van der Waals surface area contributed by atoms with E-state index in [9.17, 15) is 9.59 Å². The quantitative estimate of drug-likeness (QED) is 0.185. The van der Waals surface area contributed by atoms with Gasteiger partial charge >= 0.3 is 0 Å². The summed E-state index contributed by atoms with van der Waals surface area (Å²) in [5, 5.41) is 0. The van der Waals surface area contributed by atoms with Gasteiger partial charge in [0.05, 0.1) is 13.3 Å². The van der Waals surface area contributed by atoms with Gasteiger partial charge in [-0.2, -0.15) is 0 Å². The Bertz CT molecular complexity index is 1620. The SMILES string of the molecule is Cc1ccc(C(=O)C2=CN(c3ccc(C)cc3)CN(CCN3CC(C(=O)c4ccc(C)cc4)=CN(c4ccc(C)cc4)C3)C2)cc1. The van der Waals surface area contributed by atoms with Crippen LogP contribution in [0, 0.1) is 27.7 Å². The average Bonchev–Trinajstić information content (AvgIpc) is 3.08. The molecule has 234 valence electrons. The van der Waals surface area contributed by atoms with E-state index in [0.29, 0.717) is 37.6 Å². The molecule has 4 aromatic rings. The average molecular weight is 611 g/mol. The highest BCUT2D eigenvalue weighted by molar-refractivity contribution is 6.10. The van der Waals surface area contributed by atoms with Crippen molar-refractivity contribution < 1.29 is 9.59 Å². The summed E-state index contributed by atoms with van der Waals surface area (Å²) in [7, 11) is 0. The molecular formula is C40H42N4O2.